The molecule has 0 spiro atoms. The number of hydrogen-bond donors (Lipinski definition) is 0. The molecule has 1 aliphatic carbocycles. The van der Waals surface area contributed by atoms with Crippen LogP contribution >= 0.6 is 0 Å². The molecule has 1 aliphatic heterocycles. The molecule has 1 fully saturated rings. The average Bonchev–Trinajstić information content (AvgIpc) is 3.84. The molecule has 284 valence electrons. The zero-order valence-corrected chi connectivity index (χ0v) is 34.0. The van der Waals surface area contributed by atoms with Gasteiger partial charge in [-0.1, -0.05) is 151 Å². The number of nitrogens with zero attached hydrogens (tertiary/aromatic N) is 2. The molecule has 0 saturated heterocycles. The molecular formula is C56H50N2. The first kappa shape index (κ1) is 37.1. The van der Waals surface area contributed by atoms with E-state index in [0.29, 0.717) is 12.0 Å². The molecule has 0 radical (unpaired) electrons. The predicted octanol–water partition coefficient (Wildman–Crippen LogP) is 14.5. The third kappa shape index (κ3) is 7.76. The third-order valence-corrected chi connectivity index (χ3v) is 12.0. The second-order valence-corrected chi connectivity index (χ2v) is 16.3. The fraction of sp³-hybridized carbons (Fsp3) is 0.161. The lowest BCUT2D eigenvalue weighted by Gasteiger charge is -2.28. The van der Waals surface area contributed by atoms with Gasteiger partial charge in [-0.15, -0.1) is 0 Å². The minimum absolute atomic E-state index is 0.423. The van der Waals surface area contributed by atoms with E-state index in [2.05, 4.69) is 209 Å². The lowest BCUT2D eigenvalue weighted by atomic mass is 9.92. The highest BCUT2D eigenvalue weighted by Gasteiger charge is 2.42. The summed E-state index contributed by atoms with van der Waals surface area (Å²) in [4.78, 5) is 7.51. The Hall–Kier alpha value is -6.51. The van der Waals surface area contributed by atoms with Gasteiger partial charge in [0, 0.05) is 35.1 Å². The number of hydrogen-bond acceptors (Lipinski definition) is 2. The Morgan fingerprint density at radius 1 is 0.569 bits per heavy atom. The average molecular weight is 751 g/mol. The molecule has 0 bridgehead atoms. The summed E-state index contributed by atoms with van der Waals surface area (Å²) in [5.74, 6) is 0.497. The van der Waals surface area contributed by atoms with E-state index in [9.17, 15) is 0 Å². The van der Waals surface area contributed by atoms with Crippen molar-refractivity contribution in [3.05, 3.63) is 231 Å². The maximum atomic E-state index is 4.86. The molecule has 7 aromatic rings. The predicted molar refractivity (Wildman–Crippen MR) is 246 cm³/mol. The van der Waals surface area contributed by atoms with Crippen LogP contribution in [-0.4, -0.2) is 11.0 Å². The minimum atomic E-state index is 0.423. The molecule has 2 nitrogen and oxygen atoms in total. The molecule has 2 heterocycles. The molecule has 0 amide bonds. The first-order valence-corrected chi connectivity index (χ1v) is 20.7. The molecule has 9 rings (SSSR count). The van der Waals surface area contributed by atoms with Crippen molar-refractivity contribution in [3.8, 4) is 11.3 Å². The van der Waals surface area contributed by atoms with Crippen LogP contribution in [-0.2, 0) is 0 Å². The number of aryl methyl sites for hydroxylation is 4. The molecule has 2 unspecified atom stereocenters. The van der Waals surface area contributed by atoms with Gasteiger partial charge < -0.3 is 4.90 Å². The third-order valence-electron chi connectivity index (χ3n) is 12.0. The van der Waals surface area contributed by atoms with Crippen molar-refractivity contribution in [2.24, 2.45) is 0 Å². The van der Waals surface area contributed by atoms with Crippen LogP contribution in [0.3, 0.4) is 0 Å². The van der Waals surface area contributed by atoms with Crippen molar-refractivity contribution in [2.75, 3.05) is 4.90 Å². The Morgan fingerprint density at radius 2 is 1.21 bits per heavy atom. The van der Waals surface area contributed by atoms with Gasteiger partial charge in [-0.25, -0.2) is 0 Å². The molecule has 2 aliphatic rings. The fourth-order valence-corrected chi connectivity index (χ4v) is 8.94. The second-order valence-electron chi connectivity index (χ2n) is 16.3. The van der Waals surface area contributed by atoms with Crippen molar-refractivity contribution < 1.29 is 0 Å². The summed E-state index contributed by atoms with van der Waals surface area (Å²) >= 11 is 0. The number of allylic oxidation sites excluding steroid dienone is 2. The Bertz CT molecular complexity index is 2610. The zero-order chi connectivity index (χ0) is 39.6. The summed E-state index contributed by atoms with van der Waals surface area (Å²) in [6.45, 7) is 8.58. The SMILES string of the molecule is Cc1ccc(C(=Cc2ccc3c(c2)C2CCCC2N3c2cc(C=CC=C(c3ccc(C)cc3)c3ccc(C)cc3)cc(-c3cc(C)ccn3)c2)c2ccccc2)cc1. The van der Waals surface area contributed by atoms with Gasteiger partial charge in [-0.2, -0.15) is 0 Å². The Morgan fingerprint density at radius 3 is 1.86 bits per heavy atom. The van der Waals surface area contributed by atoms with Crippen LogP contribution in [0.4, 0.5) is 11.4 Å². The van der Waals surface area contributed by atoms with Crippen LogP contribution in [0.5, 0.6) is 0 Å². The van der Waals surface area contributed by atoms with Crippen molar-refractivity contribution in [1.82, 2.24) is 4.98 Å². The van der Waals surface area contributed by atoms with E-state index in [0.717, 1.165) is 16.8 Å². The first-order valence-electron chi connectivity index (χ1n) is 20.7. The van der Waals surface area contributed by atoms with Gasteiger partial charge in [0.25, 0.3) is 0 Å². The van der Waals surface area contributed by atoms with Gasteiger partial charge in [-0.3, -0.25) is 4.98 Å². The number of rotatable bonds is 9. The van der Waals surface area contributed by atoms with Gasteiger partial charge in [0.2, 0.25) is 0 Å². The topological polar surface area (TPSA) is 16.1 Å². The molecule has 0 N–H and O–H groups in total. The largest absolute Gasteiger partial charge is 0.337 e. The Labute approximate surface area is 344 Å². The monoisotopic (exact) mass is 750 g/mol. The number of benzene rings is 6. The highest BCUT2D eigenvalue weighted by molar-refractivity contribution is 5.92. The Balaban J connectivity index is 1.13. The summed E-state index contributed by atoms with van der Waals surface area (Å²) in [5.41, 5.74) is 20.9. The van der Waals surface area contributed by atoms with E-state index >= 15 is 0 Å². The molecule has 6 aromatic carbocycles. The standard InChI is InChI=1S/C56H50N2/c1-38-16-23-45(24-17-38)50(46-25-18-39(2)19-26-46)13-8-10-42-33-48(54-32-41(4)30-31-57-54)37-49(34-42)58-55-15-9-14-51(55)53-36-43(22-29-56(53)58)35-52(44-11-6-5-7-12-44)47-27-20-40(3)21-28-47/h5-8,10-13,16-37,51,55H,9,14-15H2,1-4H3. The quantitative estimate of drug-likeness (QED) is 0.108. The molecule has 2 heteroatoms. The van der Waals surface area contributed by atoms with Gasteiger partial charge in [0.05, 0.1) is 5.69 Å². The van der Waals surface area contributed by atoms with Gasteiger partial charge in [-0.05, 0) is 145 Å². The fourth-order valence-electron chi connectivity index (χ4n) is 8.94. The van der Waals surface area contributed by atoms with Crippen LogP contribution in [0.25, 0.3) is 34.6 Å². The molecule has 58 heavy (non-hydrogen) atoms. The first-order chi connectivity index (χ1) is 28.4. The van der Waals surface area contributed by atoms with E-state index in [4.69, 9.17) is 4.98 Å². The van der Waals surface area contributed by atoms with E-state index in [1.54, 1.807) is 0 Å². The molecular weight excluding hydrogens is 701 g/mol. The van der Waals surface area contributed by atoms with Crippen molar-refractivity contribution in [3.63, 3.8) is 0 Å². The van der Waals surface area contributed by atoms with Crippen molar-refractivity contribution >= 4 is 34.7 Å². The smallest absolute Gasteiger partial charge is 0.0705 e. The number of aromatic nitrogens is 1. The number of anilines is 2. The van der Waals surface area contributed by atoms with Crippen molar-refractivity contribution in [2.45, 2.75) is 58.9 Å². The molecule has 1 saturated carbocycles. The van der Waals surface area contributed by atoms with E-state index in [-0.39, 0.29) is 0 Å². The van der Waals surface area contributed by atoms with Gasteiger partial charge >= 0.3 is 0 Å². The van der Waals surface area contributed by atoms with Gasteiger partial charge in [0.15, 0.2) is 0 Å². The van der Waals surface area contributed by atoms with Crippen LogP contribution in [0.1, 0.15) is 86.4 Å². The summed E-state index contributed by atoms with van der Waals surface area (Å²) < 4.78 is 0. The van der Waals surface area contributed by atoms with E-state index in [1.807, 2.05) is 6.20 Å². The second kappa shape index (κ2) is 16.2. The van der Waals surface area contributed by atoms with Crippen LogP contribution in [0.15, 0.2) is 170 Å². The van der Waals surface area contributed by atoms with Crippen LogP contribution < -0.4 is 4.90 Å². The summed E-state index contributed by atoms with van der Waals surface area (Å²) in [6, 6.07) is 56.3. The van der Waals surface area contributed by atoms with Crippen LogP contribution in [0.2, 0.25) is 0 Å². The summed E-state index contributed by atoms with van der Waals surface area (Å²) in [7, 11) is 0. The molecule has 2 atom stereocenters. The number of fused-ring (bicyclic) bond motifs is 3. The molecule has 1 aromatic heterocycles. The lowest BCUT2D eigenvalue weighted by molar-refractivity contribution is 0.642. The van der Waals surface area contributed by atoms with Crippen LogP contribution in [0, 0.1) is 27.7 Å². The normalized spacial score (nSPS) is 16.1. The maximum Gasteiger partial charge on any atom is 0.0705 e. The summed E-state index contributed by atoms with van der Waals surface area (Å²) in [5, 5.41) is 0. The Kier molecular flexibility index (Phi) is 10.3. The minimum Gasteiger partial charge on any atom is -0.337 e. The maximum absolute atomic E-state index is 4.86. The lowest BCUT2D eigenvalue weighted by Crippen LogP contribution is -2.26. The highest BCUT2D eigenvalue weighted by Crippen LogP contribution is 2.53. The van der Waals surface area contributed by atoms with E-state index in [1.165, 1.54) is 97.4 Å². The summed E-state index contributed by atoms with van der Waals surface area (Å²) in [6.07, 6.45) is 14.7. The van der Waals surface area contributed by atoms with Crippen molar-refractivity contribution in [1.29, 1.82) is 0 Å². The highest BCUT2D eigenvalue weighted by atomic mass is 15.2. The van der Waals surface area contributed by atoms with Gasteiger partial charge in [0.1, 0.15) is 0 Å². The number of pyridine rings is 1. The zero-order valence-electron chi connectivity index (χ0n) is 34.0. The van der Waals surface area contributed by atoms with E-state index < -0.39 is 0 Å².